The topological polar surface area (TPSA) is 75.2 Å². The Morgan fingerprint density at radius 2 is 1.97 bits per heavy atom. The largest absolute Gasteiger partial charge is 0.477 e. The van der Waals surface area contributed by atoms with Crippen LogP contribution in [0, 0.1) is 17.1 Å². The molecule has 29 heavy (non-hydrogen) atoms. The Morgan fingerprint density at radius 1 is 1.21 bits per heavy atom. The Bertz CT molecular complexity index is 1020. The molecule has 2 aromatic carbocycles. The third-order valence-electron chi connectivity index (χ3n) is 4.97. The highest BCUT2D eigenvalue weighted by molar-refractivity contribution is 7.17. The van der Waals surface area contributed by atoms with E-state index in [1.54, 1.807) is 6.07 Å². The van der Waals surface area contributed by atoms with Gasteiger partial charge in [0.25, 0.3) is 0 Å². The highest BCUT2D eigenvalue weighted by Crippen LogP contribution is 2.41. The van der Waals surface area contributed by atoms with Crippen LogP contribution in [0.25, 0.3) is 11.3 Å². The van der Waals surface area contributed by atoms with Crippen molar-refractivity contribution in [1.82, 2.24) is 4.98 Å². The van der Waals surface area contributed by atoms with E-state index in [0.29, 0.717) is 22.9 Å². The SMILES string of the molecule is N#Cc1ccc(-c2nc(N3CCC(N)CC3)sc2OCc2ccccc2)cc1F. The smallest absolute Gasteiger partial charge is 0.204 e. The Kier molecular flexibility index (Phi) is 5.74. The van der Waals surface area contributed by atoms with Crippen LogP contribution in [0.15, 0.2) is 48.5 Å². The lowest BCUT2D eigenvalue weighted by atomic mass is 10.1. The second kappa shape index (κ2) is 8.60. The molecule has 1 saturated heterocycles. The first-order chi connectivity index (χ1) is 14.1. The van der Waals surface area contributed by atoms with E-state index >= 15 is 0 Å². The van der Waals surface area contributed by atoms with E-state index in [9.17, 15) is 4.39 Å². The summed E-state index contributed by atoms with van der Waals surface area (Å²) in [6.07, 6.45) is 1.83. The second-order valence-corrected chi connectivity index (χ2v) is 7.98. The normalized spacial score (nSPS) is 14.6. The number of hydrogen-bond donors (Lipinski definition) is 1. The van der Waals surface area contributed by atoms with Crippen LogP contribution in [-0.2, 0) is 6.61 Å². The molecule has 0 spiro atoms. The van der Waals surface area contributed by atoms with E-state index in [2.05, 4.69) is 4.90 Å². The molecule has 0 unspecified atom stereocenters. The molecule has 0 aliphatic carbocycles. The van der Waals surface area contributed by atoms with E-state index < -0.39 is 5.82 Å². The maximum Gasteiger partial charge on any atom is 0.204 e. The van der Waals surface area contributed by atoms with Crippen molar-refractivity contribution >= 4 is 16.5 Å². The van der Waals surface area contributed by atoms with E-state index in [1.165, 1.54) is 23.5 Å². The van der Waals surface area contributed by atoms with E-state index in [-0.39, 0.29) is 11.6 Å². The number of anilines is 1. The first kappa shape index (κ1) is 19.4. The van der Waals surface area contributed by atoms with Gasteiger partial charge in [-0.05, 0) is 30.5 Å². The Labute approximate surface area is 173 Å². The summed E-state index contributed by atoms with van der Waals surface area (Å²) in [5.41, 5.74) is 8.27. The molecular formula is C22H21FN4OS. The number of halogens is 1. The molecule has 1 aliphatic heterocycles. The van der Waals surface area contributed by atoms with Crippen molar-refractivity contribution in [2.45, 2.75) is 25.5 Å². The number of hydrogen-bond acceptors (Lipinski definition) is 6. The van der Waals surface area contributed by atoms with Gasteiger partial charge >= 0.3 is 0 Å². The number of nitrogens with zero attached hydrogens (tertiary/aromatic N) is 3. The van der Waals surface area contributed by atoms with Gasteiger partial charge in [0.1, 0.15) is 24.2 Å². The lowest BCUT2D eigenvalue weighted by Gasteiger charge is -2.29. The van der Waals surface area contributed by atoms with Gasteiger partial charge in [-0.3, -0.25) is 0 Å². The van der Waals surface area contributed by atoms with Crippen molar-refractivity contribution in [3.8, 4) is 22.4 Å². The molecule has 1 aliphatic rings. The summed E-state index contributed by atoms with van der Waals surface area (Å²) in [4.78, 5) is 6.97. The first-order valence-corrected chi connectivity index (χ1v) is 10.3. The maximum absolute atomic E-state index is 14.2. The fourth-order valence-electron chi connectivity index (χ4n) is 3.28. The van der Waals surface area contributed by atoms with Crippen LogP contribution in [0.4, 0.5) is 9.52 Å². The Morgan fingerprint density at radius 3 is 2.66 bits per heavy atom. The van der Waals surface area contributed by atoms with Gasteiger partial charge in [0.2, 0.25) is 5.06 Å². The van der Waals surface area contributed by atoms with Crippen molar-refractivity contribution in [3.05, 3.63) is 65.5 Å². The monoisotopic (exact) mass is 408 g/mol. The molecule has 2 N–H and O–H groups in total. The third-order valence-corrected chi connectivity index (χ3v) is 6.00. The van der Waals surface area contributed by atoms with Crippen LogP contribution < -0.4 is 15.4 Å². The van der Waals surface area contributed by atoms with Gasteiger partial charge in [0.05, 0.1) is 5.56 Å². The number of ether oxygens (including phenoxy) is 1. The molecule has 0 saturated carbocycles. The molecule has 0 amide bonds. The molecule has 1 aromatic heterocycles. The van der Waals surface area contributed by atoms with Crippen LogP contribution in [0.3, 0.4) is 0 Å². The van der Waals surface area contributed by atoms with Crippen molar-refractivity contribution in [3.63, 3.8) is 0 Å². The van der Waals surface area contributed by atoms with Crippen LogP contribution >= 0.6 is 11.3 Å². The zero-order valence-corrected chi connectivity index (χ0v) is 16.7. The van der Waals surface area contributed by atoms with Crippen LogP contribution in [0.2, 0.25) is 0 Å². The van der Waals surface area contributed by atoms with Gasteiger partial charge in [-0.1, -0.05) is 47.7 Å². The third kappa shape index (κ3) is 4.39. The van der Waals surface area contributed by atoms with Gasteiger partial charge < -0.3 is 15.4 Å². The Hall–Kier alpha value is -2.95. The van der Waals surface area contributed by atoms with Crippen LogP contribution in [0.1, 0.15) is 24.0 Å². The standard InChI is InChI=1S/C22H21FN4OS/c23-19-12-16(6-7-17(19)13-24)20-21(28-14-15-4-2-1-3-5-15)29-22(26-20)27-10-8-18(25)9-11-27/h1-7,12,18H,8-11,14,25H2. The minimum atomic E-state index is -0.558. The summed E-state index contributed by atoms with van der Waals surface area (Å²) < 4.78 is 20.3. The number of piperidine rings is 1. The molecule has 0 radical (unpaired) electrons. The summed E-state index contributed by atoms with van der Waals surface area (Å²) in [6, 6.07) is 16.5. The van der Waals surface area contributed by atoms with E-state index in [0.717, 1.165) is 36.6 Å². The highest BCUT2D eigenvalue weighted by Gasteiger charge is 2.23. The summed E-state index contributed by atoms with van der Waals surface area (Å²) >= 11 is 1.46. The number of nitriles is 1. The summed E-state index contributed by atoms with van der Waals surface area (Å²) in [7, 11) is 0. The fourth-order valence-corrected chi connectivity index (χ4v) is 4.27. The van der Waals surface area contributed by atoms with Crippen LogP contribution in [0.5, 0.6) is 5.06 Å². The molecule has 4 rings (SSSR count). The lowest BCUT2D eigenvalue weighted by Crippen LogP contribution is -2.39. The van der Waals surface area contributed by atoms with E-state index in [1.807, 2.05) is 36.4 Å². The molecule has 1 fully saturated rings. The van der Waals surface area contributed by atoms with Crippen molar-refractivity contribution < 1.29 is 9.13 Å². The minimum absolute atomic E-state index is 0.0148. The average Bonchev–Trinajstić information content (AvgIpc) is 3.18. The van der Waals surface area contributed by atoms with Crippen molar-refractivity contribution in [2.75, 3.05) is 18.0 Å². The number of rotatable bonds is 5. The summed E-state index contributed by atoms with van der Waals surface area (Å²) in [5, 5.41) is 10.5. The Balaban J connectivity index is 1.65. The molecule has 7 heteroatoms. The van der Waals surface area contributed by atoms with Gasteiger partial charge in [-0.15, -0.1) is 0 Å². The van der Waals surface area contributed by atoms with Crippen molar-refractivity contribution in [1.29, 1.82) is 5.26 Å². The number of nitrogens with two attached hydrogens (primary N) is 1. The lowest BCUT2D eigenvalue weighted by molar-refractivity contribution is 0.316. The summed E-state index contributed by atoms with van der Waals surface area (Å²) in [5.74, 6) is -0.558. The summed E-state index contributed by atoms with van der Waals surface area (Å²) in [6.45, 7) is 2.08. The van der Waals surface area contributed by atoms with Gasteiger partial charge in [0, 0.05) is 24.7 Å². The highest BCUT2D eigenvalue weighted by atomic mass is 32.1. The molecule has 2 heterocycles. The van der Waals surface area contributed by atoms with Gasteiger partial charge in [-0.2, -0.15) is 5.26 Å². The number of aromatic nitrogens is 1. The molecule has 3 aromatic rings. The second-order valence-electron chi connectivity index (χ2n) is 7.04. The molecule has 0 atom stereocenters. The molecule has 0 bridgehead atoms. The molecule has 5 nitrogen and oxygen atoms in total. The zero-order valence-electron chi connectivity index (χ0n) is 15.8. The molecular weight excluding hydrogens is 387 g/mol. The minimum Gasteiger partial charge on any atom is -0.477 e. The van der Waals surface area contributed by atoms with Gasteiger partial charge in [-0.25, -0.2) is 9.37 Å². The van der Waals surface area contributed by atoms with Gasteiger partial charge in [0.15, 0.2) is 5.13 Å². The number of benzene rings is 2. The number of thiazole rings is 1. The maximum atomic E-state index is 14.2. The van der Waals surface area contributed by atoms with Crippen molar-refractivity contribution in [2.24, 2.45) is 5.73 Å². The van der Waals surface area contributed by atoms with E-state index in [4.69, 9.17) is 20.7 Å². The first-order valence-electron chi connectivity index (χ1n) is 9.52. The predicted molar refractivity (Wildman–Crippen MR) is 112 cm³/mol. The average molecular weight is 409 g/mol. The fraction of sp³-hybridized carbons (Fsp3) is 0.273. The predicted octanol–water partition coefficient (Wildman–Crippen LogP) is 4.33. The quantitative estimate of drug-likeness (QED) is 0.680. The molecule has 148 valence electrons. The van der Waals surface area contributed by atoms with Crippen LogP contribution in [-0.4, -0.2) is 24.1 Å². The zero-order chi connectivity index (χ0) is 20.2.